The molecule has 0 atom stereocenters. The van der Waals surface area contributed by atoms with Crippen LogP contribution in [0.2, 0.25) is 0 Å². The van der Waals surface area contributed by atoms with Crippen LogP contribution in [0.25, 0.3) is 9.53 Å². The van der Waals surface area contributed by atoms with Crippen LogP contribution in [-0.4, -0.2) is 30.0 Å². The minimum atomic E-state index is -0.605. The van der Waals surface area contributed by atoms with Crippen molar-refractivity contribution in [2.24, 2.45) is 5.73 Å². The highest BCUT2D eigenvalue weighted by Gasteiger charge is 2.15. The SMILES string of the molecule is CCN(CC)c1nc2sc(C(=O)NCc3ccc(NC(N)=O)cc3)cc2s1. The summed E-state index contributed by atoms with van der Waals surface area (Å²) in [5.74, 6) is -0.117. The second kappa shape index (κ2) is 8.36. The molecule has 142 valence electrons. The average Bonchev–Trinajstić information content (AvgIpc) is 3.21. The van der Waals surface area contributed by atoms with Gasteiger partial charge in [0.1, 0.15) is 4.83 Å². The van der Waals surface area contributed by atoms with Crippen molar-refractivity contribution in [3.8, 4) is 0 Å². The van der Waals surface area contributed by atoms with Gasteiger partial charge in [0, 0.05) is 25.3 Å². The van der Waals surface area contributed by atoms with Crippen LogP contribution in [0.5, 0.6) is 0 Å². The maximum atomic E-state index is 12.4. The maximum absolute atomic E-state index is 12.4. The normalized spacial score (nSPS) is 10.7. The van der Waals surface area contributed by atoms with Crippen LogP contribution in [0.15, 0.2) is 30.3 Å². The summed E-state index contributed by atoms with van der Waals surface area (Å²) in [6.07, 6.45) is 0. The van der Waals surface area contributed by atoms with Gasteiger partial charge < -0.3 is 21.3 Å². The summed E-state index contributed by atoms with van der Waals surface area (Å²) in [5, 5.41) is 6.41. The summed E-state index contributed by atoms with van der Waals surface area (Å²) in [6, 6.07) is 8.44. The van der Waals surface area contributed by atoms with Gasteiger partial charge >= 0.3 is 6.03 Å². The number of hydrogen-bond acceptors (Lipinski definition) is 6. The second-order valence-electron chi connectivity index (χ2n) is 5.82. The number of urea groups is 1. The van der Waals surface area contributed by atoms with Crippen LogP contribution in [0, 0.1) is 0 Å². The van der Waals surface area contributed by atoms with E-state index in [4.69, 9.17) is 5.73 Å². The molecule has 0 aliphatic rings. The van der Waals surface area contributed by atoms with Crippen molar-refractivity contribution in [3.63, 3.8) is 0 Å². The molecule has 0 aliphatic heterocycles. The van der Waals surface area contributed by atoms with Gasteiger partial charge in [-0.05, 0) is 37.6 Å². The lowest BCUT2D eigenvalue weighted by atomic mass is 10.2. The molecular weight excluding hydrogens is 382 g/mol. The number of nitrogens with zero attached hydrogens (tertiary/aromatic N) is 2. The highest BCUT2D eigenvalue weighted by molar-refractivity contribution is 7.29. The molecule has 1 aromatic carbocycles. The molecule has 3 rings (SSSR count). The van der Waals surface area contributed by atoms with Gasteiger partial charge in [-0.25, -0.2) is 9.78 Å². The zero-order valence-corrected chi connectivity index (χ0v) is 16.7. The lowest BCUT2D eigenvalue weighted by Crippen LogP contribution is -2.22. The minimum absolute atomic E-state index is 0.117. The molecule has 3 amide bonds. The van der Waals surface area contributed by atoms with E-state index >= 15 is 0 Å². The van der Waals surface area contributed by atoms with Crippen molar-refractivity contribution in [2.45, 2.75) is 20.4 Å². The first-order valence-electron chi connectivity index (χ1n) is 8.59. The summed E-state index contributed by atoms with van der Waals surface area (Å²) >= 11 is 3.02. The van der Waals surface area contributed by atoms with E-state index in [9.17, 15) is 9.59 Å². The van der Waals surface area contributed by atoms with Gasteiger partial charge in [-0.3, -0.25) is 4.79 Å². The molecule has 0 fully saturated rings. The lowest BCUT2D eigenvalue weighted by molar-refractivity contribution is 0.0955. The van der Waals surface area contributed by atoms with Crippen LogP contribution < -0.4 is 21.3 Å². The smallest absolute Gasteiger partial charge is 0.316 e. The fraction of sp³-hybridized carbons (Fsp3) is 0.278. The van der Waals surface area contributed by atoms with E-state index in [-0.39, 0.29) is 5.91 Å². The Morgan fingerprint density at radius 3 is 2.44 bits per heavy atom. The number of nitrogens with one attached hydrogen (secondary N) is 2. The third kappa shape index (κ3) is 4.55. The highest BCUT2D eigenvalue weighted by atomic mass is 32.1. The van der Waals surface area contributed by atoms with E-state index in [1.54, 1.807) is 23.5 Å². The summed E-state index contributed by atoms with van der Waals surface area (Å²) in [6.45, 7) is 6.44. The molecule has 2 aromatic heterocycles. The number of anilines is 2. The van der Waals surface area contributed by atoms with E-state index in [0.717, 1.165) is 33.3 Å². The molecule has 0 saturated heterocycles. The number of carbonyl (C=O) groups is 2. The van der Waals surface area contributed by atoms with Gasteiger partial charge in [0.25, 0.3) is 5.91 Å². The fourth-order valence-corrected chi connectivity index (χ4v) is 4.84. The molecule has 0 spiro atoms. The van der Waals surface area contributed by atoms with Crippen molar-refractivity contribution < 1.29 is 9.59 Å². The zero-order chi connectivity index (χ0) is 19.4. The Labute approximate surface area is 165 Å². The van der Waals surface area contributed by atoms with Gasteiger partial charge in [0.05, 0.1) is 9.58 Å². The average molecular weight is 404 g/mol. The Morgan fingerprint density at radius 2 is 1.85 bits per heavy atom. The number of primary amides is 1. The molecule has 27 heavy (non-hydrogen) atoms. The molecular formula is C18H21N5O2S2. The highest BCUT2D eigenvalue weighted by Crippen LogP contribution is 2.34. The zero-order valence-electron chi connectivity index (χ0n) is 15.1. The number of amides is 3. The number of carbonyl (C=O) groups excluding carboxylic acids is 2. The third-order valence-electron chi connectivity index (χ3n) is 4.01. The third-order valence-corrected chi connectivity index (χ3v) is 6.23. The van der Waals surface area contributed by atoms with E-state index in [0.29, 0.717) is 17.1 Å². The van der Waals surface area contributed by atoms with Gasteiger partial charge in [-0.2, -0.15) is 0 Å². The Bertz CT molecular complexity index is 913. The van der Waals surface area contributed by atoms with Gasteiger partial charge in [0.15, 0.2) is 5.13 Å². The molecule has 4 N–H and O–H groups in total. The predicted octanol–water partition coefficient (Wildman–Crippen LogP) is 3.62. The topological polar surface area (TPSA) is 100 Å². The predicted molar refractivity (Wildman–Crippen MR) is 112 cm³/mol. The number of fused-ring (bicyclic) bond motifs is 1. The molecule has 7 nitrogen and oxygen atoms in total. The summed E-state index contributed by atoms with van der Waals surface area (Å²) in [7, 11) is 0. The van der Waals surface area contributed by atoms with E-state index in [2.05, 4.69) is 34.4 Å². The van der Waals surface area contributed by atoms with E-state index in [1.807, 2.05) is 18.2 Å². The number of thiophene rings is 1. The summed E-state index contributed by atoms with van der Waals surface area (Å²) < 4.78 is 1.04. The Balaban J connectivity index is 1.62. The van der Waals surface area contributed by atoms with Crippen LogP contribution in [0.1, 0.15) is 29.1 Å². The Kier molecular flexibility index (Phi) is 5.92. The van der Waals surface area contributed by atoms with E-state index in [1.165, 1.54) is 11.3 Å². The number of thiazole rings is 1. The Hall–Kier alpha value is -2.65. The summed E-state index contributed by atoms with van der Waals surface area (Å²) in [5.41, 5.74) is 6.62. The van der Waals surface area contributed by atoms with Crippen molar-refractivity contribution in [3.05, 3.63) is 40.8 Å². The minimum Gasteiger partial charge on any atom is -0.351 e. The number of nitrogens with two attached hydrogens (primary N) is 1. The van der Waals surface area contributed by atoms with Crippen molar-refractivity contribution in [1.82, 2.24) is 10.3 Å². The second-order valence-corrected chi connectivity index (χ2v) is 7.86. The molecule has 0 aliphatic carbocycles. The van der Waals surface area contributed by atoms with Crippen molar-refractivity contribution in [1.29, 1.82) is 0 Å². The van der Waals surface area contributed by atoms with Crippen LogP contribution in [0.4, 0.5) is 15.6 Å². The quantitative estimate of drug-likeness (QED) is 0.561. The molecule has 0 saturated carbocycles. The van der Waals surface area contributed by atoms with Crippen molar-refractivity contribution in [2.75, 3.05) is 23.3 Å². The molecule has 0 bridgehead atoms. The van der Waals surface area contributed by atoms with Crippen LogP contribution in [-0.2, 0) is 6.54 Å². The van der Waals surface area contributed by atoms with Crippen LogP contribution >= 0.6 is 22.7 Å². The first-order chi connectivity index (χ1) is 13.0. The number of benzene rings is 1. The maximum Gasteiger partial charge on any atom is 0.316 e. The molecule has 0 radical (unpaired) electrons. The first-order valence-corrected chi connectivity index (χ1v) is 10.2. The fourth-order valence-electron chi connectivity index (χ4n) is 2.58. The van der Waals surface area contributed by atoms with Crippen LogP contribution in [0.3, 0.4) is 0 Å². The Morgan fingerprint density at radius 1 is 1.15 bits per heavy atom. The van der Waals surface area contributed by atoms with Gasteiger partial charge in [0.2, 0.25) is 0 Å². The van der Waals surface area contributed by atoms with Crippen molar-refractivity contribution >= 4 is 55.0 Å². The molecule has 3 aromatic rings. The standard InChI is InChI=1S/C18H21N5O2S2/c1-3-23(4-2)18-22-16-14(27-18)9-13(26-16)15(24)20-10-11-5-7-12(8-6-11)21-17(19)25/h5-9H,3-4,10H2,1-2H3,(H,20,24)(H3,19,21,25). The van der Waals surface area contributed by atoms with E-state index < -0.39 is 6.03 Å². The molecule has 9 heteroatoms. The molecule has 0 unspecified atom stereocenters. The monoisotopic (exact) mass is 403 g/mol. The number of aromatic nitrogens is 1. The number of rotatable bonds is 7. The number of hydrogen-bond donors (Lipinski definition) is 3. The van der Waals surface area contributed by atoms with Gasteiger partial charge in [-0.15, -0.1) is 11.3 Å². The largest absolute Gasteiger partial charge is 0.351 e. The summed E-state index contributed by atoms with van der Waals surface area (Å²) in [4.78, 5) is 31.6. The van der Waals surface area contributed by atoms with Gasteiger partial charge in [-0.1, -0.05) is 23.5 Å². The first kappa shape index (κ1) is 19.1. The molecule has 2 heterocycles. The lowest BCUT2D eigenvalue weighted by Gasteiger charge is -2.16.